The number of sulfonamides is 1. The molecule has 1 aliphatic heterocycles. The van der Waals surface area contributed by atoms with Gasteiger partial charge in [0.05, 0.1) is 5.75 Å². The lowest BCUT2D eigenvalue weighted by Gasteiger charge is -2.32. The first-order valence-corrected chi connectivity index (χ1v) is 6.95. The van der Waals surface area contributed by atoms with Gasteiger partial charge in [0.15, 0.2) is 0 Å². The molecule has 0 amide bonds. The largest absolute Gasteiger partial charge is 0.328 e. The Bertz CT molecular complexity index is 302. The second kappa shape index (κ2) is 3.79. The number of nitrogens with zero attached hydrogens (tertiary/aromatic N) is 1. The Morgan fingerprint density at radius 3 is 2.57 bits per heavy atom. The van der Waals surface area contributed by atoms with Crippen LogP contribution in [0.5, 0.6) is 0 Å². The van der Waals surface area contributed by atoms with Gasteiger partial charge in [0, 0.05) is 18.6 Å². The van der Waals surface area contributed by atoms with Gasteiger partial charge in [-0.05, 0) is 25.7 Å². The molecule has 1 saturated carbocycles. The van der Waals surface area contributed by atoms with Crippen molar-refractivity contribution < 1.29 is 8.42 Å². The quantitative estimate of drug-likeness (QED) is 0.688. The zero-order chi connectivity index (χ0) is 10.2. The summed E-state index contributed by atoms with van der Waals surface area (Å²) in [6.07, 6.45) is 4.74. The zero-order valence-electron chi connectivity index (χ0n) is 8.35. The number of hydrogen-bond donors (Lipinski definition) is 1. The Labute approximate surface area is 85.5 Å². The van der Waals surface area contributed by atoms with Gasteiger partial charge in [-0.15, -0.1) is 0 Å². The first-order chi connectivity index (χ1) is 6.59. The molecule has 2 atom stereocenters. The number of rotatable bonds is 1. The highest BCUT2D eigenvalue weighted by Gasteiger charge is 2.36. The molecular weight excluding hydrogens is 200 g/mol. The lowest BCUT2D eigenvalue weighted by atomic mass is 9.91. The molecule has 0 aromatic carbocycles. The van der Waals surface area contributed by atoms with Crippen molar-refractivity contribution >= 4 is 10.0 Å². The van der Waals surface area contributed by atoms with Gasteiger partial charge in [-0.2, -0.15) is 4.31 Å². The summed E-state index contributed by atoms with van der Waals surface area (Å²) in [5.41, 5.74) is 5.86. The van der Waals surface area contributed by atoms with Gasteiger partial charge < -0.3 is 5.73 Å². The van der Waals surface area contributed by atoms with E-state index < -0.39 is 10.0 Å². The molecule has 14 heavy (non-hydrogen) atoms. The number of nitrogens with two attached hydrogens (primary N) is 1. The maximum absolute atomic E-state index is 11.7. The van der Waals surface area contributed by atoms with Crippen LogP contribution in [0.1, 0.15) is 32.1 Å². The van der Waals surface area contributed by atoms with Crippen LogP contribution in [0.2, 0.25) is 0 Å². The average molecular weight is 218 g/mol. The molecule has 0 bridgehead atoms. The molecule has 0 spiro atoms. The molecule has 2 unspecified atom stereocenters. The van der Waals surface area contributed by atoms with E-state index in [-0.39, 0.29) is 12.1 Å². The Kier molecular flexibility index (Phi) is 2.81. The van der Waals surface area contributed by atoms with Crippen LogP contribution >= 0.6 is 0 Å². The Morgan fingerprint density at radius 1 is 1.21 bits per heavy atom. The maximum atomic E-state index is 11.7. The molecule has 5 heteroatoms. The fraction of sp³-hybridized carbons (Fsp3) is 1.00. The van der Waals surface area contributed by atoms with Crippen molar-refractivity contribution in [2.24, 2.45) is 5.73 Å². The normalized spacial score (nSPS) is 38.6. The van der Waals surface area contributed by atoms with Crippen LogP contribution in [0.25, 0.3) is 0 Å². The van der Waals surface area contributed by atoms with E-state index in [9.17, 15) is 8.42 Å². The lowest BCUT2D eigenvalue weighted by molar-refractivity contribution is 0.249. The van der Waals surface area contributed by atoms with E-state index in [4.69, 9.17) is 5.73 Å². The molecule has 2 N–H and O–H groups in total. The van der Waals surface area contributed by atoms with Gasteiger partial charge in [-0.25, -0.2) is 8.42 Å². The van der Waals surface area contributed by atoms with Gasteiger partial charge in [-0.3, -0.25) is 0 Å². The fourth-order valence-electron chi connectivity index (χ4n) is 2.53. The topological polar surface area (TPSA) is 63.4 Å². The van der Waals surface area contributed by atoms with Crippen LogP contribution in [-0.2, 0) is 10.0 Å². The second-order valence-electron chi connectivity index (χ2n) is 4.36. The van der Waals surface area contributed by atoms with Crippen LogP contribution in [0.4, 0.5) is 0 Å². The highest BCUT2D eigenvalue weighted by Crippen LogP contribution is 2.27. The fourth-order valence-corrected chi connectivity index (χ4v) is 4.31. The van der Waals surface area contributed by atoms with Crippen molar-refractivity contribution in [3.8, 4) is 0 Å². The molecule has 0 aromatic heterocycles. The lowest BCUT2D eigenvalue weighted by Crippen LogP contribution is -2.43. The zero-order valence-corrected chi connectivity index (χ0v) is 9.17. The third-order valence-electron chi connectivity index (χ3n) is 3.23. The van der Waals surface area contributed by atoms with Crippen molar-refractivity contribution in [3.05, 3.63) is 0 Å². The summed E-state index contributed by atoms with van der Waals surface area (Å²) in [6, 6.07) is 0.385. The van der Waals surface area contributed by atoms with Crippen LogP contribution in [0.3, 0.4) is 0 Å². The highest BCUT2D eigenvalue weighted by molar-refractivity contribution is 7.89. The molecule has 4 nitrogen and oxygen atoms in total. The van der Waals surface area contributed by atoms with E-state index in [1.54, 1.807) is 4.31 Å². The SMILES string of the molecule is NC1CCCC(N2CCCS2(=O)=O)C1. The van der Waals surface area contributed by atoms with Gasteiger partial charge >= 0.3 is 0 Å². The van der Waals surface area contributed by atoms with E-state index in [0.717, 1.165) is 32.1 Å². The van der Waals surface area contributed by atoms with E-state index in [2.05, 4.69) is 0 Å². The van der Waals surface area contributed by atoms with E-state index in [0.29, 0.717) is 12.3 Å². The summed E-state index contributed by atoms with van der Waals surface area (Å²) in [5, 5.41) is 0. The molecule has 1 aliphatic carbocycles. The highest BCUT2D eigenvalue weighted by atomic mass is 32.2. The summed E-state index contributed by atoms with van der Waals surface area (Å²) in [5.74, 6) is 0.332. The van der Waals surface area contributed by atoms with Crippen LogP contribution in [0, 0.1) is 0 Å². The first-order valence-electron chi connectivity index (χ1n) is 5.35. The molecule has 2 aliphatic rings. The summed E-state index contributed by atoms with van der Waals surface area (Å²) >= 11 is 0. The van der Waals surface area contributed by atoms with Gasteiger partial charge in [0.25, 0.3) is 0 Å². The summed E-state index contributed by atoms with van der Waals surface area (Å²) in [6.45, 7) is 0.708. The van der Waals surface area contributed by atoms with Gasteiger partial charge in [0.2, 0.25) is 10.0 Å². The molecule has 0 radical (unpaired) electrons. The first kappa shape index (κ1) is 10.4. The standard InChI is InChI=1S/C9H18N2O2S/c10-8-3-1-4-9(7-8)11-5-2-6-14(11,12)13/h8-9H,1-7,10H2. The predicted octanol–water partition coefficient (Wildman–Crippen LogP) is 0.292. The minimum absolute atomic E-state index is 0.186. The van der Waals surface area contributed by atoms with Crippen molar-refractivity contribution in [1.29, 1.82) is 0 Å². The molecule has 0 aromatic rings. The summed E-state index contributed by atoms with van der Waals surface area (Å²) in [4.78, 5) is 0. The van der Waals surface area contributed by atoms with E-state index in [1.165, 1.54) is 0 Å². The van der Waals surface area contributed by atoms with Crippen molar-refractivity contribution in [1.82, 2.24) is 4.31 Å². The Morgan fingerprint density at radius 2 is 2.00 bits per heavy atom. The molecule has 2 fully saturated rings. The van der Waals surface area contributed by atoms with Gasteiger partial charge in [-0.1, -0.05) is 6.42 Å². The van der Waals surface area contributed by atoms with Crippen LogP contribution < -0.4 is 5.73 Å². The monoisotopic (exact) mass is 218 g/mol. The van der Waals surface area contributed by atoms with Crippen molar-refractivity contribution in [3.63, 3.8) is 0 Å². The summed E-state index contributed by atoms with van der Waals surface area (Å²) < 4.78 is 25.0. The molecule has 1 heterocycles. The Balaban J connectivity index is 2.07. The van der Waals surface area contributed by atoms with Crippen LogP contribution in [0.15, 0.2) is 0 Å². The third-order valence-corrected chi connectivity index (χ3v) is 5.23. The molecule has 2 rings (SSSR count). The van der Waals surface area contributed by atoms with Crippen LogP contribution in [-0.4, -0.2) is 37.1 Å². The smallest absolute Gasteiger partial charge is 0.214 e. The predicted molar refractivity (Wildman–Crippen MR) is 55.3 cm³/mol. The Hall–Kier alpha value is -0.130. The molecule has 1 saturated heterocycles. The maximum Gasteiger partial charge on any atom is 0.214 e. The van der Waals surface area contributed by atoms with Gasteiger partial charge in [0.1, 0.15) is 0 Å². The van der Waals surface area contributed by atoms with Crippen molar-refractivity contribution in [2.45, 2.75) is 44.2 Å². The van der Waals surface area contributed by atoms with Crippen molar-refractivity contribution in [2.75, 3.05) is 12.3 Å². The molecule has 82 valence electrons. The minimum atomic E-state index is -2.93. The second-order valence-corrected chi connectivity index (χ2v) is 6.40. The third kappa shape index (κ3) is 1.94. The number of hydrogen-bond acceptors (Lipinski definition) is 3. The summed E-state index contributed by atoms with van der Waals surface area (Å²) in [7, 11) is -2.93. The average Bonchev–Trinajstić information content (AvgIpc) is 2.45. The van der Waals surface area contributed by atoms with E-state index >= 15 is 0 Å². The molecular formula is C9H18N2O2S. The van der Waals surface area contributed by atoms with E-state index in [1.807, 2.05) is 0 Å². The minimum Gasteiger partial charge on any atom is -0.328 e.